The summed E-state index contributed by atoms with van der Waals surface area (Å²) in [5.41, 5.74) is 0. The van der Waals surface area contributed by atoms with Crippen LogP contribution in [-0.4, -0.2) is 31.2 Å². The fourth-order valence-corrected chi connectivity index (χ4v) is 1.21. The van der Waals surface area contributed by atoms with E-state index in [4.69, 9.17) is 4.74 Å². The summed E-state index contributed by atoms with van der Waals surface area (Å²) in [5.74, 6) is 1.53. The molecule has 1 aromatic heterocycles. The highest BCUT2D eigenvalue weighted by atomic mass is 16.5. The van der Waals surface area contributed by atoms with E-state index in [0.717, 1.165) is 18.9 Å². The van der Waals surface area contributed by atoms with E-state index in [2.05, 4.69) is 15.6 Å². The first kappa shape index (κ1) is 8.31. The predicted molar refractivity (Wildman–Crippen MR) is 51.1 cm³/mol. The maximum atomic E-state index is 5.02. The number of pyridine rings is 1. The quantitative estimate of drug-likeness (QED) is 0.708. The number of hydrogen-bond acceptors (Lipinski definition) is 4. The minimum Gasteiger partial charge on any atom is -0.481 e. The molecule has 0 bridgehead atoms. The molecule has 4 heteroatoms. The highest BCUT2D eigenvalue weighted by Gasteiger charge is 2.16. The maximum Gasteiger partial charge on any atom is 0.214 e. The van der Waals surface area contributed by atoms with Crippen molar-refractivity contribution in [2.45, 2.75) is 6.04 Å². The molecule has 2 N–H and O–H groups in total. The van der Waals surface area contributed by atoms with Gasteiger partial charge in [0.2, 0.25) is 5.88 Å². The summed E-state index contributed by atoms with van der Waals surface area (Å²) >= 11 is 0. The molecule has 0 unspecified atom stereocenters. The largest absolute Gasteiger partial charge is 0.481 e. The van der Waals surface area contributed by atoms with Crippen LogP contribution in [0.5, 0.6) is 5.88 Å². The van der Waals surface area contributed by atoms with Crippen molar-refractivity contribution in [3.8, 4) is 5.88 Å². The van der Waals surface area contributed by atoms with Gasteiger partial charge in [0.05, 0.1) is 13.2 Å². The van der Waals surface area contributed by atoms with Gasteiger partial charge in [0, 0.05) is 19.2 Å². The first-order chi connectivity index (χ1) is 6.38. The monoisotopic (exact) mass is 179 g/mol. The number of hydrogen-bond donors (Lipinski definition) is 2. The van der Waals surface area contributed by atoms with Crippen molar-refractivity contribution >= 4 is 5.82 Å². The highest BCUT2D eigenvalue weighted by Crippen LogP contribution is 2.12. The van der Waals surface area contributed by atoms with E-state index in [1.165, 1.54) is 0 Å². The van der Waals surface area contributed by atoms with Crippen molar-refractivity contribution < 1.29 is 4.74 Å². The molecule has 1 aliphatic rings. The Bertz CT molecular complexity index is 286. The molecule has 2 heterocycles. The fourth-order valence-electron chi connectivity index (χ4n) is 1.21. The van der Waals surface area contributed by atoms with E-state index >= 15 is 0 Å². The van der Waals surface area contributed by atoms with Crippen LogP contribution >= 0.6 is 0 Å². The second kappa shape index (κ2) is 3.62. The number of methoxy groups -OCH3 is 1. The summed E-state index contributed by atoms with van der Waals surface area (Å²) in [4.78, 5) is 4.25. The molecule has 1 saturated heterocycles. The average molecular weight is 179 g/mol. The lowest BCUT2D eigenvalue weighted by atomic mass is 10.2. The third kappa shape index (κ3) is 1.89. The van der Waals surface area contributed by atoms with Gasteiger partial charge in [-0.15, -0.1) is 0 Å². The van der Waals surface area contributed by atoms with Gasteiger partial charge >= 0.3 is 0 Å². The summed E-state index contributed by atoms with van der Waals surface area (Å²) in [6.07, 6.45) is 0. The number of ether oxygens (including phenoxy) is 1. The number of nitrogens with zero attached hydrogens (tertiary/aromatic N) is 1. The predicted octanol–water partition coefficient (Wildman–Crippen LogP) is 0.474. The van der Waals surface area contributed by atoms with Gasteiger partial charge in [-0.1, -0.05) is 6.07 Å². The SMILES string of the molecule is COc1cccc(NC2CNC2)n1. The van der Waals surface area contributed by atoms with Crippen LogP contribution in [0.2, 0.25) is 0 Å². The smallest absolute Gasteiger partial charge is 0.214 e. The van der Waals surface area contributed by atoms with Crippen LogP contribution in [0.4, 0.5) is 5.82 Å². The second-order valence-electron chi connectivity index (χ2n) is 3.06. The zero-order valence-corrected chi connectivity index (χ0v) is 7.58. The number of aromatic nitrogens is 1. The van der Waals surface area contributed by atoms with Crippen molar-refractivity contribution in [3.63, 3.8) is 0 Å². The Hall–Kier alpha value is -1.29. The van der Waals surface area contributed by atoms with E-state index in [9.17, 15) is 0 Å². The summed E-state index contributed by atoms with van der Waals surface area (Å²) in [5, 5.41) is 6.49. The third-order valence-electron chi connectivity index (χ3n) is 2.07. The Labute approximate surface area is 77.3 Å². The molecule has 1 fully saturated rings. The number of nitrogens with one attached hydrogen (secondary N) is 2. The molecule has 0 saturated carbocycles. The van der Waals surface area contributed by atoms with Crippen LogP contribution in [0.1, 0.15) is 0 Å². The molecule has 0 aromatic carbocycles. The van der Waals surface area contributed by atoms with Crippen molar-refractivity contribution in [1.82, 2.24) is 10.3 Å². The molecule has 2 rings (SSSR count). The fraction of sp³-hybridized carbons (Fsp3) is 0.444. The first-order valence-electron chi connectivity index (χ1n) is 4.37. The van der Waals surface area contributed by atoms with Crippen molar-refractivity contribution in [2.24, 2.45) is 0 Å². The van der Waals surface area contributed by atoms with Crippen molar-refractivity contribution in [1.29, 1.82) is 0 Å². The lowest BCUT2D eigenvalue weighted by Gasteiger charge is -2.28. The maximum absolute atomic E-state index is 5.02. The van der Waals surface area contributed by atoms with Crippen LogP contribution in [-0.2, 0) is 0 Å². The molecule has 0 amide bonds. The minimum atomic E-state index is 0.514. The van der Waals surface area contributed by atoms with Crippen LogP contribution in [0.3, 0.4) is 0 Å². The van der Waals surface area contributed by atoms with Gasteiger partial charge < -0.3 is 15.4 Å². The van der Waals surface area contributed by atoms with Gasteiger partial charge in [-0.05, 0) is 6.07 Å². The minimum absolute atomic E-state index is 0.514. The molecule has 0 aliphatic carbocycles. The van der Waals surface area contributed by atoms with Crippen LogP contribution < -0.4 is 15.4 Å². The van der Waals surface area contributed by atoms with Crippen LogP contribution in [0, 0.1) is 0 Å². The zero-order chi connectivity index (χ0) is 9.10. The van der Waals surface area contributed by atoms with Gasteiger partial charge in [-0.2, -0.15) is 4.98 Å². The van der Waals surface area contributed by atoms with Gasteiger partial charge in [0.15, 0.2) is 0 Å². The first-order valence-corrected chi connectivity index (χ1v) is 4.37. The molecule has 1 aromatic rings. The molecule has 1 aliphatic heterocycles. The van der Waals surface area contributed by atoms with Gasteiger partial charge in [0.25, 0.3) is 0 Å². The summed E-state index contributed by atoms with van der Waals surface area (Å²) < 4.78 is 5.02. The Morgan fingerprint density at radius 3 is 3.00 bits per heavy atom. The second-order valence-corrected chi connectivity index (χ2v) is 3.06. The molecule has 4 nitrogen and oxygen atoms in total. The number of anilines is 1. The molecular formula is C9H13N3O. The Kier molecular flexibility index (Phi) is 2.31. The van der Waals surface area contributed by atoms with Crippen molar-refractivity contribution in [2.75, 3.05) is 25.5 Å². The molecule has 0 atom stereocenters. The molecule has 0 spiro atoms. The Morgan fingerprint density at radius 1 is 1.54 bits per heavy atom. The lowest BCUT2D eigenvalue weighted by molar-refractivity contribution is 0.397. The molecule has 13 heavy (non-hydrogen) atoms. The third-order valence-corrected chi connectivity index (χ3v) is 2.07. The van der Waals surface area contributed by atoms with E-state index in [0.29, 0.717) is 11.9 Å². The highest BCUT2D eigenvalue weighted by molar-refractivity contribution is 5.38. The van der Waals surface area contributed by atoms with Gasteiger partial charge in [-0.3, -0.25) is 0 Å². The number of rotatable bonds is 3. The van der Waals surface area contributed by atoms with E-state index in [1.807, 2.05) is 18.2 Å². The molecular weight excluding hydrogens is 166 g/mol. The summed E-state index contributed by atoms with van der Waals surface area (Å²) in [6, 6.07) is 6.23. The van der Waals surface area contributed by atoms with Gasteiger partial charge in [-0.25, -0.2) is 0 Å². The lowest BCUT2D eigenvalue weighted by Crippen LogP contribution is -2.51. The van der Waals surface area contributed by atoms with Crippen molar-refractivity contribution in [3.05, 3.63) is 18.2 Å². The van der Waals surface area contributed by atoms with Gasteiger partial charge in [0.1, 0.15) is 5.82 Å². The van der Waals surface area contributed by atoms with Crippen LogP contribution in [0.15, 0.2) is 18.2 Å². The molecule has 70 valence electrons. The molecule has 0 radical (unpaired) electrons. The van der Waals surface area contributed by atoms with E-state index in [-0.39, 0.29) is 0 Å². The standard InChI is InChI=1S/C9H13N3O/c1-13-9-4-2-3-8(12-9)11-7-5-10-6-7/h2-4,7,10H,5-6H2,1H3,(H,11,12). The Morgan fingerprint density at radius 2 is 2.38 bits per heavy atom. The van der Waals surface area contributed by atoms with Crippen LogP contribution in [0.25, 0.3) is 0 Å². The normalized spacial score (nSPS) is 16.4. The zero-order valence-electron chi connectivity index (χ0n) is 7.58. The summed E-state index contributed by atoms with van der Waals surface area (Å²) in [7, 11) is 1.62. The van der Waals surface area contributed by atoms with E-state index < -0.39 is 0 Å². The Balaban J connectivity index is 2.01. The topological polar surface area (TPSA) is 46.2 Å². The summed E-state index contributed by atoms with van der Waals surface area (Å²) in [6.45, 7) is 2.03. The van der Waals surface area contributed by atoms with E-state index in [1.54, 1.807) is 7.11 Å². The average Bonchev–Trinajstić information content (AvgIpc) is 2.12.